The third-order valence-corrected chi connectivity index (χ3v) is 6.70. The Labute approximate surface area is 186 Å². The fraction of sp³-hybridized carbons (Fsp3) is 0.130. The van der Waals surface area contributed by atoms with Crippen LogP contribution in [0.25, 0.3) is 5.69 Å². The molecule has 0 spiro atoms. The summed E-state index contributed by atoms with van der Waals surface area (Å²) < 4.78 is 31.2. The first kappa shape index (κ1) is 21.2. The Kier molecular flexibility index (Phi) is 6.13. The first-order valence-electron chi connectivity index (χ1n) is 9.80. The van der Waals surface area contributed by atoms with Crippen molar-refractivity contribution in [1.29, 1.82) is 0 Å². The molecule has 8 heteroatoms. The molecule has 6 nitrogen and oxygen atoms in total. The van der Waals surface area contributed by atoms with Crippen molar-refractivity contribution < 1.29 is 8.42 Å². The number of benzene rings is 3. The van der Waals surface area contributed by atoms with E-state index in [2.05, 4.69) is 14.9 Å². The van der Waals surface area contributed by atoms with Crippen molar-refractivity contribution in [3.05, 3.63) is 107 Å². The van der Waals surface area contributed by atoms with Crippen LogP contribution in [0.3, 0.4) is 0 Å². The van der Waals surface area contributed by atoms with Crippen molar-refractivity contribution >= 4 is 22.2 Å². The monoisotopic (exact) mass is 450 g/mol. The predicted octanol–water partition coefficient (Wildman–Crippen LogP) is 4.50. The Bertz CT molecular complexity index is 1310. The second-order valence-corrected chi connectivity index (χ2v) is 9.34. The van der Waals surface area contributed by atoms with Gasteiger partial charge in [-0.05, 0) is 55.4 Å². The van der Waals surface area contributed by atoms with Gasteiger partial charge in [0, 0.05) is 5.69 Å². The van der Waals surface area contributed by atoms with Crippen LogP contribution in [0.2, 0.25) is 0 Å². The zero-order valence-corrected chi connectivity index (χ0v) is 18.5. The first-order valence-corrected chi connectivity index (χ1v) is 11.7. The topological polar surface area (TPSA) is 79.8 Å². The summed E-state index contributed by atoms with van der Waals surface area (Å²) >= 11 is 5.47. The summed E-state index contributed by atoms with van der Waals surface area (Å²) in [5, 5.41) is 7.23. The molecular weight excluding hydrogens is 428 g/mol. The number of sulfonamides is 1. The quantitative estimate of drug-likeness (QED) is 0.406. The number of H-pyrrole nitrogens is 1. The van der Waals surface area contributed by atoms with Gasteiger partial charge in [-0.15, -0.1) is 0 Å². The molecule has 0 fully saturated rings. The summed E-state index contributed by atoms with van der Waals surface area (Å²) in [6.45, 7) is 2.01. The molecule has 0 saturated heterocycles. The van der Waals surface area contributed by atoms with E-state index in [9.17, 15) is 8.42 Å². The van der Waals surface area contributed by atoms with Gasteiger partial charge in [-0.2, -0.15) is 5.10 Å². The van der Waals surface area contributed by atoms with Crippen molar-refractivity contribution in [3.8, 4) is 5.69 Å². The summed E-state index contributed by atoms with van der Waals surface area (Å²) in [5.74, 6) is 0.497. The Morgan fingerprint density at radius 2 is 1.58 bits per heavy atom. The fourth-order valence-corrected chi connectivity index (χ4v) is 4.84. The van der Waals surface area contributed by atoms with E-state index in [1.807, 2.05) is 61.5 Å². The molecule has 0 bridgehead atoms. The Hall–Kier alpha value is -3.07. The van der Waals surface area contributed by atoms with Gasteiger partial charge in [-0.25, -0.2) is 13.1 Å². The van der Waals surface area contributed by atoms with Crippen LogP contribution in [0.4, 0.5) is 0 Å². The van der Waals surface area contributed by atoms with Crippen LogP contribution >= 0.6 is 12.2 Å². The summed E-state index contributed by atoms with van der Waals surface area (Å²) in [7, 11) is -3.78. The summed E-state index contributed by atoms with van der Waals surface area (Å²) in [6.07, 6.45) is 0.415. The van der Waals surface area contributed by atoms with Crippen molar-refractivity contribution in [2.45, 2.75) is 24.3 Å². The smallest absolute Gasteiger partial charge is 0.241 e. The molecule has 0 aliphatic rings. The molecule has 0 aliphatic carbocycles. The van der Waals surface area contributed by atoms with Crippen LogP contribution in [0.5, 0.6) is 0 Å². The third-order valence-electron chi connectivity index (χ3n) is 4.94. The van der Waals surface area contributed by atoms with Gasteiger partial charge in [0.15, 0.2) is 10.6 Å². The predicted molar refractivity (Wildman–Crippen MR) is 123 cm³/mol. The molecule has 4 aromatic rings. The van der Waals surface area contributed by atoms with Crippen LogP contribution in [0.15, 0.2) is 89.8 Å². The van der Waals surface area contributed by atoms with Crippen LogP contribution < -0.4 is 4.72 Å². The lowest BCUT2D eigenvalue weighted by Gasteiger charge is -2.19. The molecule has 158 valence electrons. The van der Waals surface area contributed by atoms with Crippen LogP contribution in [-0.2, 0) is 16.4 Å². The molecule has 2 N–H and O–H groups in total. The molecule has 1 aromatic heterocycles. The maximum Gasteiger partial charge on any atom is 0.241 e. The van der Waals surface area contributed by atoms with Crippen LogP contribution in [-0.4, -0.2) is 23.2 Å². The highest BCUT2D eigenvalue weighted by Crippen LogP contribution is 2.23. The van der Waals surface area contributed by atoms with E-state index in [1.165, 1.54) is 0 Å². The van der Waals surface area contributed by atoms with E-state index in [0.29, 0.717) is 17.0 Å². The second kappa shape index (κ2) is 8.97. The maximum atomic E-state index is 13.1. The number of aromatic amines is 1. The highest BCUT2D eigenvalue weighted by atomic mass is 32.2. The minimum Gasteiger partial charge on any atom is -0.271 e. The molecule has 3 aromatic carbocycles. The minimum absolute atomic E-state index is 0.198. The van der Waals surface area contributed by atoms with Crippen molar-refractivity contribution in [3.63, 3.8) is 0 Å². The normalized spacial score (nSPS) is 12.5. The molecule has 0 saturated carbocycles. The average molecular weight is 451 g/mol. The van der Waals surface area contributed by atoms with E-state index >= 15 is 0 Å². The number of nitrogens with zero attached hydrogens (tertiary/aromatic N) is 2. The SMILES string of the molecule is Cc1ccc(-n2c([C@@H](Cc3ccccc3)NS(=O)(=O)c3ccccc3)n[nH]c2=S)cc1. The molecule has 4 rings (SSSR count). The first-order chi connectivity index (χ1) is 14.9. The summed E-state index contributed by atoms with van der Waals surface area (Å²) in [6, 6.07) is 25.2. The van der Waals surface area contributed by atoms with Crippen LogP contribution in [0, 0.1) is 11.7 Å². The van der Waals surface area contributed by atoms with Crippen LogP contribution in [0.1, 0.15) is 23.0 Å². The van der Waals surface area contributed by atoms with Crippen molar-refractivity contribution in [2.75, 3.05) is 0 Å². The Morgan fingerprint density at radius 1 is 0.968 bits per heavy atom. The fourth-order valence-electron chi connectivity index (χ4n) is 3.38. The highest BCUT2D eigenvalue weighted by molar-refractivity contribution is 7.89. The Balaban J connectivity index is 1.79. The molecule has 0 unspecified atom stereocenters. The van der Waals surface area contributed by atoms with Gasteiger partial charge in [0.05, 0.1) is 10.9 Å². The van der Waals surface area contributed by atoms with Gasteiger partial charge in [-0.3, -0.25) is 9.67 Å². The van der Waals surface area contributed by atoms with Gasteiger partial charge < -0.3 is 0 Å². The van der Waals surface area contributed by atoms with Gasteiger partial charge in [0.25, 0.3) is 0 Å². The lowest BCUT2D eigenvalue weighted by atomic mass is 10.1. The highest BCUT2D eigenvalue weighted by Gasteiger charge is 2.26. The largest absolute Gasteiger partial charge is 0.271 e. The summed E-state index contributed by atoms with van der Waals surface area (Å²) in [4.78, 5) is 0.198. The minimum atomic E-state index is -3.78. The molecular formula is C23H22N4O2S2. The van der Waals surface area contributed by atoms with Gasteiger partial charge in [-0.1, -0.05) is 66.2 Å². The van der Waals surface area contributed by atoms with Crippen molar-refractivity contribution in [1.82, 2.24) is 19.5 Å². The van der Waals surface area contributed by atoms with E-state index in [4.69, 9.17) is 12.2 Å². The van der Waals surface area contributed by atoms with E-state index in [1.54, 1.807) is 34.9 Å². The van der Waals surface area contributed by atoms with Crippen molar-refractivity contribution in [2.24, 2.45) is 0 Å². The average Bonchev–Trinajstić information content (AvgIpc) is 3.16. The molecule has 0 radical (unpaired) electrons. The lowest BCUT2D eigenvalue weighted by Crippen LogP contribution is -2.32. The zero-order valence-electron chi connectivity index (χ0n) is 16.9. The van der Waals surface area contributed by atoms with Gasteiger partial charge >= 0.3 is 0 Å². The van der Waals surface area contributed by atoms with E-state index in [-0.39, 0.29) is 4.90 Å². The molecule has 1 atom stereocenters. The number of nitrogens with one attached hydrogen (secondary N) is 2. The van der Waals surface area contributed by atoms with E-state index < -0.39 is 16.1 Å². The van der Waals surface area contributed by atoms with E-state index in [0.717, 1.165) is 16.8 Å². The van der Waals surface area contributed by atoms with Gasteiger partial charge in [0.2, 0.25) is 10.0 Å². The number of aromatic nitrogens is 3. The summed E-state index contributed by atoms with van der Waals surface area (Å²) in [5.41, 5.74) is 2.91. The molecule has 0 amide bonds. The number of aryl methyl sites for hydroxylation is 1. The number of rotatable bonds is 7. The Morgan fingerprint density at radius 3 is 2.23 bits per heavy atom. The third kappa shape index (κ3) is 4.82. The second-order valence-electron chi connectivity index (χ2n) is 7.23. The maximum absolute atomic E-state index is 13.1. The molecule has 0 aliphatic heterocycles. The number of hydrogen-bond donors (Lipinski definition) is 2. The molecule has 1 heterocycles. The number of hydrogen-bond acceptors (Lipinski definition) is 4. The standard InChI is InChI=1S/C23H22N4O2S2/c1-17-12-14-19(15-13-17)27-22(24-25-23(27)30)21(16-18-8-4-2-5-9-18)26-31(28,29)20-10-6-3-7-11-20/h2-15,21,26H,16H2,1H3,(H,25,30)/t21-/m1/s1. The van der Waals surface area contributed by atoms with Gasteiger partial charge in [0.1, 0.15) is 0 Å². The lowest BCUT2D eigenvalue weighted by molar-refractivity contribution is 0.538. The zero-order chi connectivity index (χ0) is 21.8. The molecule has 31 heavy (non-hydrogen) atoms.